The topological polar surface area (TPSA) is 74.2 Å². The molecular formula is C20H30IN3O3. The lowest BCUT2D eigenvalue weighted by Gasteiger charge is -2.33. The molecule has 150 valence electrons. The minimum absolute atomic E-state index is 0. The molecule has 2 N–H and O–H groups in total. The number of methoxy groups -OCH3 is 1. The van der Waals surface area contributed by atoms with Crippen molar-refractivity contribution in [1.29, 1.82) is 0 Å². The van der Waals surface area contributed by atoms with Crippen molar-refractivity contribution in [3.8, 4) is 0 Å². The molecule has 0 spiro atoms. The van der Waals surface area contributed by atoms with Crippen LogP contribution in [-0.2, 0) is 21.6 Å². The Labute approximate surface area is 178 Å². The minimum Gasteiger partial charge on any atom is -0.469 e. The second-order valence-electron chi connectivity index (χ2n) is 7.14. The van der Waals surface area contributed by atoms with Crippen LogP contribution in [-0.4, -0.2) is 55.2 Å². The minimum atomic E-state index is -0.887. The van der Waals surface area contributed by atoms with Crippen LogP contribution in [0.3, 0.4) is 0 Å². The number of guanidine groups is 1. The highest BCUT2D eigenvalue weighted by molar-refractivity contribution is 14.0. The fraction of sp³-hybridized carbons (Fsp3) is 0.600. The van der Waals surface area contributed by atoms with Gasteiger partial charge in [0.15, 0.2) is 5.96 Å². The van der Waals surface area contributed by atoms with Crippen LogP contribution < -0.4 is 5.32 Å². The van der Waals surface area contributed by atoms with E-state index in [0.717, 1.165) is 50.4 Å². The largest absolute Gasteiger partial charge is 0.469 e. The van der Waals surface area contributed by atoms with Crippen molar-refractivity contribution in [1.82, 2.24) is 10.2 Å². The summed E-state index contributed by atoms with van der Waals surface area (Å²) in [6.45, 7) is 4.69. The zero-order valence-corrected chi connectivity index (χ0v) is 18.4. The molecule has 1 aromatic rings. The van der Waals surface area contributed by atoms with E-state index in [1.54, 1.807) is 0 Å². The molecule has 1 unspecified atom stereocenters. The fourth-order valence-corrected chi connectivity index (χ4v) is 3.96. The third-order valence-corrected chi connectivity index (χ3v) is 5.48. The summed E-state index contributed by atoms with van der Waals surface area (Å²) in [5.74, 6) is 0.669. The zero-order valence-electron chi connectivity index (χ0n) is 16.1. The number of carbonyl (C=O) groups excluding carboxylic acids is 1. The maximum atomic E-state index is 11.7. The van der Waals surface area contributed by atoms with E-state index >= 15 is 0 Å². The second kappa shape index (κ2) is 9.73. The first-order chi connectivity index (χ1) is 12.6. The number of piperidine rings is 1. The molecule has 2 aliphatic rings. The number of rotatable bonds is 4. The van der Waals surface area contributed by atoms with Crippen LogP contribution in [0.4, 0.5) is 0 Å². The average Bonchev–Trinajstić information content (AvgIpc) is 3.02. The van der Waals surface area contributed by atoms with Gasteiger partial charge in [0.1, 0.15) is 5.60 Å². The Morgan fingerprint density at radius 1 is 1.37 bits per heavy atom. The lowest BCUT2D eigenvalue weighted by molar-refractivity contribution is -0.146. The number of aliphatic hydroxyl groups is 1. The summed E-state index contributed by atoms with van der Waals surface area (Å²) in [7, 11) is 1.44. The summed E-state index contributed by atoms with van der Waals surface area (Å²) >= 11 is 0. The Bertz CT molecular complexity index is 674. The first-order valence-electron chi connectivity index (χ1n) is 9.49. The first-order valence-corrected chi connectivity index (χ1v) is 9.49. The molecular weight excluding hydrogens is 457 g/mol. The molecule has 0 aromatic heterocycles. The van der Waals surface area contributed by atoms with Crippen LogP contribution in [0.25, 0.3) is 0 Å². The Hall–Kier alpha value is -1.35. The van der Waals surface area contributed by atoms with Gasteiger partial charge in [-0.05, 0) is 43.7 Å². The van der Waals surface area contributed by atoms with Crippen LogP contribution >= 0.6 is 24.0 Å². The molecule has 1 fully saturated rings. The smallest absolute Gasteiger partial charge is 0.308 e. The number of hydrogen-bond donors (Lipinski definition) is 2. The van der Waals surface area contributed by atoms with E-state index in [0.29, 0.717) is 13.0 Å². The van der Waals surface area contributed by atoms with E-state index < -0.39 is 5.60 Å². The van der Waals surface area contributed by atoms with Gasteiger partial charge in [0, 0.05) is 19.6 Å². The van der Waals surface area contributed by atoms with Crippen LogP contribution in [0.2, 0.25) is 0 Å². The molecule has 27 heavy (non-hydrogen) atoms. The molecule has 1 aliphatic carbocycles. The molecule has 0 amide bonds. The van der Waals surface area contributed by atoms with Crippen LogP contribution in [0, 0.1) is 5.92 Å². The summed E-state index contributed by atoms with van der Waals surface area (Å²) in [5, 5.41) is 14.4. The van der Waals surface area contributed by atoms with E-state index in [1.807, 2.05) is 25.1 Å². The molecule has 1 heterocycles. The summed E-state index contributed by atoms with van der Waals surface area (Å²) in [6, 6.07) is 8.08. The summed E-state index contributed by atoms with van der Waals surface area (Å²) in [6.07, 6.45) is 3.14. The Morgan fingerprint density at radius 2 is 2.07 bits per heavy atom. The van der Waals surface area contributed by atoms with E-state index in [4.69, 9.17) is 9.73 Å². The van der Waals surface area contributed by atoms with Crippen molar-refractivity contribution >= 4 is 35.9 Å². The maximum Gasteiger partial charge on any atom is 0.308 e. The molecule has 1 saturated heterocycles. The molecule has 1 aromatic carbocycles. The number of esters is 1. The predicted molar refractivity (Wildman–Crippen MR) is 116 cm³/mol. The van der Waals surface area contributed by atoms with Gasteiger partial charge in [0.2, 0.25) is 0 Å². The van der Waals surface area contributed by atoms with Gasteiger partial charge >= 0.3 is 5.97 Å². The zero-order chi connectivity index (χ0) is 18.6. The molecule has 0 bridgehead atoms. The highest BCUT2D eigenvalue weighted by Crippen LogP contribution is 2.37. The van der Waals surface area contributed by atoms with Gasteiger partial charge in [-0.25, -0.2) is 4.99 Å². The number of ether oxygens (including phenoxy) is 1. The lowest BCUT2D eigenvalue weighted by atomic mass is 9.96. The number of aliphatic imine (C=N–C) groups is 1. The summed E-state index contributed by atoms with van der Waals surface area (Å²) in [5.41, 5.74) is 1.33. The molecule has 1 atom stereocenters. The number of aryl methyl sites for hydroxylation is 1. The highest BCUT2D eigenvalue weighted by atomic mass is 127. The van der Waals surface area contributed by atoms with Gasteiger partial charge in [-0.3, -0.25) is 4.79 Å². The number of benzene rings is 1. The van der Waals surface area contributed by atoms with Crippen molar-refractivity contribution in [3.63, 3.8) is 0 Å². The number of fused-ring (bicyclic) bond motifs is 1. The Kier molecular flexibility index (Phi) is 7.91. The molecule has 1 aliphatic heterocycles. The third kappa shape index (κ3) is 4.93. The normalized spacial score (nSPS) is 22.8. The monoisotopic (exact) mass is 487 g/mol. The number of nitrogens with zero attached hydrogens (tertiary/aromatic N) is 2. The summed E-state index contributed by atoms with van der Waals surface area (Å²) in [4.78, 5) is 18.6. The van der Waals surface area contributed by atoms with Crippen LogP contribution in [0.1, 0.15) is 37.3 Å². The van der Waals surface area contributed by atoms with Gasteiger partial charge in [0.25, 0.3) is 0 Å². The van der Waals surface area contributed by atoms with Gasteiger partial charge in [-0.2, -0.15) is 0 Å². The van der Waals surface area contributed by atoms with E-state index in [-0.39, 0.29) is 35.9 Å². The molecule has 7 heteroatoms. The standard InChI is InChI=1S/C20H29N3O3.HI/c1-3-21-19(23-12-9-16(10-13-23)18(24)26-2)22-14-20(25)11-8-15-6-4-5-7-17(15)20;/h4-7,16,25H,3,8-14H2,1-2H3,(H,21,22);1H. The van der Waals surface area contributed by atoms with E-state index in [9.17, 15) is 9.90 Å². The lowest BCUT2D eigenvalue weighted by Crippen LogP contribution is -2.47. The predicted octanol–water partition coefficient (Wildman–Crippen LogP) is 2.29. The first kappa shape index (κ1) is 21.9. The number of nitrogens with one attached hydrogen (secondary N) is 1. The molecule has 0 saturated carbocycles. The van der Waals surface area contributed by atoms with E-state index in [2.05, 4.69) is 16.3 Å². The number of halogens is 1. The molecule has 3 rings (SSSR count). The van der Waals surface area contributed by atoms with Gasteiger partial charge < -0.3 is 20.1 Å². The quantitative estimate of drug-likeness (QED) is 0.295. The van der Waals surface area contributed by atoms with Crippen molar-refractivity contribution in [3.05, 3.63) is 35.4 Å². The SMILES string of the molecule is CCNC(=NCC1(O)CCc2ccccc21)N1CCC(C(=O)OC)CC1.I. The Morgan fingerprint density at radius 3 is 2.74 bits per heavy atom. The van der Waals surface area contributed by atoms with Crippen molar-refractivity contribution in [2.45, 2.75) is 38.2 Å². The van der Waals surface area contributed by atoms with Crippen LogP contribution in [0.5, 0.6) is 0 Å². The van der Waals surface area contributed by atoms with Crippen molar-refractivity contribution in [2.24, 2.45) is 10.9 Å². The number of carbonyl (C=O) groups is 1. The van der Waals surface area contributed by atoms with Crippen molar-refractivity contribution < 1.29 is 14.6 Å². The maximum absolute atomic E-state index is 11.7. The van der Waals surface area contributed by atoms with E-state index in [1.165, 1.54) is 12.7 Å². The van der Waals surface area contributed by atoms with Gasteiger partial charge in [-0.15, -0.1) is 24.0 Å². The van der Waals surface area contributed by atoms with Gasteiger partial charge in [0.05, 0.1) is 19.6 Å². The highest BCUT2D eigenvalue weighted by Gasteiger charge is 2.36. The second-order valence-corrected chi connectivity index (χ2v) is 7.14. The van der Waals surface area contributed by atoms with Crippen molar-refractivity contribution in [2.75, 3.05) is 33.3 Å². The molecule has 6 nitrogen and oxygen atoms in total. The molecule has 0 radical (unpaired) electrons. The fourth-order valence-electron chi connectivity index (χ4n) is 3.96. The van der Waals surface area contributed by atoms with Gasteiger partial charge in [-0.1, -0.05) is 24.3 Å². The Balaban J connectivity index is 0.00000261. The third-order valence-electron chi connectivity index (χ3n) is 5.48. The number of likely N-dealkylation sites (tertiary alicyclic amines) is 1. The summed E-state index contributed by atoms with van der Waals surface area (Å²) < 4.78 is 4.86. The number of hydrogen-bond acceptors (Lipinski definition) is 4. The van der Waals surface area contributed by atoms with Crippen LogP contribution in [0.15, 0.2) is 29.3 Å². The average molecular weight is 487 g/mol.